The number of nitrogens with zero attached hydrogens (tertiary/aromatic N) is 3. The van der Waals surface area contributed by atoms with E-state index in [0.29, 0.717) is 0 Å². The average Bonchev–Trinajstić information content (AvgIpc) is 2.12. The maximum Gasteiger partial charge on any atom is 1.00 e. The van der Waals surface area contributed by atoms with Crippen LogP contribution in [-0.4, -0.2) is 31.7 Å². The number of hydrogen-bond donors (Lipinski definition) is 2. The van der Waals surface area contributed by atoms with Gasteiger partial charge in [0.25, 0.3) is 5.82 Å². The smallest absolute Gasteiger partial charge is 0.475 e. The van der Waals surface area contributed by atoms with E-state index in [2.05, 4.69) is 15.4 Å². The minimum Gasteiger partial charge on any atom is -0.475 e. The van der Waals surface area contributed by atoms with Gasteiger partial charge in [-0.2, -0.15) is 5.21 Å². The number of carboxylic acid groups (broad SMARTS) is 1. The Labute approximate surface area is 45.0 Å². The highest BCUT2D eigenvalue weighted by Crippen LogP contribution is 1.78. The molecule has 0 bridgehead atoms. The van der Waals surface area contributed by atoms with Crippen LogP contribution < -0.4 is 0 Å². The molecule has 2 N–H and O–H groups in total. The Kier molecular flexibility index (Phi) is 0.918. The van der Waals surface area contributed by atoms with Crippen LogP contribution in [0, 0.1) is 0 Å². The standard InChI is InChI=1S/C2H2N4O2/c7-2(8)1-3-5-6-4-1/h(H,7,8)(H,3,4,5,6)/p+1. The van der Waals surface area contributed by atoms with Crippen LogP contribution in [0.3, 0.4) is 0 Å². The van der Waals surface area contributed by atoms with E-state index in [1.54, 1.807) is 0 Å². The molecule has 0 aliphatic rings. The lowest BCUT2D eigenvalue weighted by atomic mass is 10.7. The van der Waals surface area contributed by atoms with Crippen LogP contribution in [0.5, 0.6) is 0 Å². The molecule has 0 amide bonds. The van der Waals surface area contributed by atoms with Gasteiger partial charge in [-0.3, -0.25) is 0 Å². The zero-order valence-electron chi connectivity index (χ0n) is 4.70. The first kappa shape index (κ1) is 4.69. The molecule has 0 fully saturated rings. The third-order valence-electron chi connectivity index (χ3n) is 0.537. The second-order valence-electron chi connectivity index (χ2n) is 1.04. The Bertz CT molecular complexity index is 184. The zero-order valence-corrected chi connectivity index (χ0v) is 3.70. The fourth-order valence-corrected chi connectivity index (χ4v) is 0.252. The number of aromatic nitrogens is 4. The molecule has 1 aromatic rings. The molecule has 0 saturated carbocycles. The van der Waals surface area contributed by atoms with E-state index in [0.717, 1.165) is 0 Å². The Morgan fingerprint density at radius 2 is 2.62 bits per heavy atom. The Morgan fingerprint density at radius 3 is 2.88 bits per heavy atom. The predicted molar refractivity (Wildman–Crippen MR) is 22.2 cm³/mol. The first-order valence-corrected chi connectivity index (χ1v) is 1.77. The summed E-state index contributed by atoms with van der Waals surface area (Å²) >= 11 is 0. The van der Waals surface area contributed by atoms with Crippen molar-refractivity contribution in [2.75, 3.05) is 0 Å². The molecule has 0 aliphatic heterocycles. The third-order valence-corrected chi connectivity index (χ3v) is 0.537. The summed E-state index contributed by atoms with van der Waals surface area (Å²) < 4.78 is 0. The van der Waals surface area contributed by atoms with Gasteiger partial charge in [-0.25, -0.2) is 4.79 Å². The van der Waals surface area contributed by atoms with Crippen LogP contribution in [0.4, 0.5) is 0 Å². The molecule has 0 atom stereocenters. The summed E-state index contributed by atoms with van der Waals surface area (Å²) in [6, 6.07) is 0. The van der Waals surface area contributed by atoms with Crippen molar-refractivity contribution in [2.45, 2.75) is 0 Å². The van der Waals surface area contributed by atoms with Gasteiger partial charge in [0.05, 0.1) is 0 Å². The quantitative estimate of drug-likeness (QED) is 0.490. The lowest BCUT2D eigenvalue weighted by Gasteiger charge is -1.73. The predicted octanol–water partition coefficient (Wildman–Crippen LogP) is -0.990. The molecule has 0 spiro atoms. The van der Waals surface area contributed by atoms with Gasteiger partial charge in [-0.1, -0.05) is 0 Å². The van der Waals surface area contributed by atoms with E-state index in [4.69, 9.17) is 5.11 Å². The van der Waals surface area contributed by atoms with Crippen LogP contribution in [-0.2, 0) is 0 Å². The highest BCUT2D eigenvalue weighted by atomic mass is 16.4. The fraction of sp³-hybridized carbons (Fsp3) is 0. The number of hydrogen-bond acceptors (Lipinski definition) is 4. The molecule has 0 aromatic carbocycles. The molecule has 1 heterocycles. The molecule has 0 radical (unpaired) electrons. The van der Waals surface area contributed by atoms with E-state index in [9.17, 15) is 4.79 Å². The first-order valence-electron chi connectivity index (χ1n) is 1.77. The summed E-state index contributed by atoms with van der Waals surface area (Å²) in [5, 5.41) is 19.5. The van der Waals surface area contributed by atoms with Crippen LogP contribution in [0.1, 0.15) is 12.0 Å². The van der Waals surface area contributed by atoms with Crippen molar-refractivity contribution in [1.82, 2.24) is 20.6 Å². The van der Waals surface area contributed by atoms with E-state index < -0.39 is 5.97 Å². The summed E-state index contributed by atoms with van der Waals surface area (Å²) in [5.74, 6) is -1.50. The topological polar surface area (TPSA) is 91.8 Å². The molecule has 6 heteroatoms. The molecule has 0 saturated heterocycles. The van der Waals surface area contributed by atoms with Crippen LogP contribution >= 0.6 is 0 Å². The molecule has 1 aromatic heterocycles. The Morgan fingerprint density at radius 1 is 1.88 bits per heavy atom. The maximum atomic E-state index is 9.88. The number of rotatable bonds is 1. The lowest BCUT2D eigenvalue weighted by Crippen LogP contribution is -1.98. The molecule has 8 heavy (non-hydrogen) atoms. The maximum absolute atomic E-state index is 9.88. The number of nitrogens with one attached hydrogen (secondary N) is 1. The summed E-state index contributed by atoms with van der Waals surface area (Å²) in [5.41, 5.74) is 0. The van der Waals surface area contributed by atoms with Gasteiger partial charge >= 0.3 is 7.40 Å². The van der Waals surface area contributed by atoms with Crippen molar-refractivity contribution in [2.24, 2.45) is 0 Å². The van der Waals surface area contributed by atoms with Gasteiger partial charge in [-0.15, -0.1) is 10.2 Å². The van der Waals surface area contributed by atoms with Gasteiger partial charge in [0.1, 0.15) is 0 Å². The number of aromatic amines is 1. The minimum atomic E-state index is -1.18. The number of carboxylic acids is 1. The number of H-pyrrole nitrogens is 1. The molecule has 1 rings (SSSR count). The van der Waals surface area contributed by atoms with Gasteiger partial charge in [0.15, 0.2) is 0 Å². The van der Waals surface area contributed by atoms with Crippen LogP contribution in [0.25, 0.3) is 0 Å². The van der Waals surface area contributed by atoms with Gasteiger partial charge in [0, 0.05) is 0 Å². The van der Waals surface area contributed by atoms with Crippen molar-refractivity contribution in [3.05, 3.63) is 5.82 Å². The van der Waals surface area contributed by atoms with E-state index in [-0.39, 0.29) is 7.25 Å². The second kappa shape index (κ2) is 1.57. The summed E-state index contributed by atoms with van der Waals surface area (Å²) in [7, 11) is 0. The van der Waals surface area contributed by atoms with Crippen LogP contribution in [0.2, 0.25) is 0 Å². The zero-order chi connectivity index (χ0) is 5.98. The monoisotopic (exact) mass is 115 g/mol. The molecular weight excluding hydrogens is 112 g/mol. The third kappa shape index (κ3) is 0.625. The van der Waals surface area contributed by atoms with Crippen molar-refractivity contribution < 1.29 is 11.3 Å². The summed E-state index contributed by atoms with van der Waals surface area (Å²) in [6.07, 6.45) is 0. The largest absolute Gasteiger partial charge is 1.00 e. The van der Waals surface area contributed by atoms with E-state index in [1.165, 1.54) is 0 Å². The van der Waals surface area contributed by atoms with Crippen molar-refractivity contribution in [3.63, 3.8) is 0 Å². The number of carbonyl (C=O) groups is 1. The lowest BCUT2D eigenvalue weighted by molar-refractivity contribution is 0.0683. The average molecular weight is 115 g/mol. The van der Waals surface area contributed by atoms with Gasteiger partial charge in [-0.05, 0) is 5.21 Å². The highest BCUT2D eigenvalue weighted by molar-refractivity contribution is 5.82. The normalized spacial score (nSPS) is 9.00. The van der Waals surface area contributed by atoms with E-state index in [1.807, 2.05) is 5.21 Å². The molecular formula is C2H3N4O2+. The molecule has 42 valence electrons. The summed E-state index contributed by atoms with van der Waals surface area (Å²) in [6.45, 7) is 0. The molecule has 0 aliphatic carbocycles. The second-order valence-corrected chi connectivity index (χ2v) is 1.04. The van der Waals surface area contributed by atoms with Gasteiger partial charge < -0.3 is 5.11 Å². The summed E-state index contributed by atoms with van der Waals surface area (Å²) in [4.78, 5) is 9.88. The first-order chi connectivity index (χ1) is 3.80. The molecule has 6 nitrogen and oxygen atoms in total. The fourth-order valence-electron chi connectivity index (χ4n) is 0.252. The number of aromatic carboxylic acids is 1. The Balaban J connectivity index is 0.000000640. The number of tetrazole rings is 1. The SMILES string of the molecule is O=C(O)c1nn[nH]n1.[H+]. The molecule has 0 unspecified atom stereocenters. The van der Waals surface area contributed by atoms with Crippen LogP contribution in [0.15, 0.2) is 0 Å². The van der Waals surface area contributed by atoms with Crippen molar-refractivity contribution in [3.8, 4) is 0 Å². The van der Waals surface area contributed by atoms with Crippen molar-refractivity contribution >= 4 is 5.97 Å². The van der Waals surface area contributed by atoms with Gasteiger partial charge in [0.2, 0.25) is 0 Å². The Hall–Kier alpha value is -1.46. The van der Waals surface area contributed by atoms with Crippen molar-refractivity contribution in [1.29, 1.82) is 0 Å². The minimum absolute atomic E-state index is 0. The van der Waals surface area contributed by atoms with E-state index >= 15 is 0 Å². The highest BCUT2D eigenvalue weighted by Gasteiger charge is 2.04.